The summed E-state index contributed by atoms with van der Waals surface area (Å²) in [6, 6.07) is 21.8. The number of aliphatic hydroxyl groups is 1. The number of fused-ring (bicyclic) bond motifs is 4. The van der Waals surface area contributed by atoms with E-state index in [1.807, 2.05) is 0 Å². The second-order valence-electron chi connectivity index (χ2n) is 19.7. The van der Waals surface area contributed by atoms with E-state index in [1.54, 1.807) is 18.2 Å². The minimum Gasteiger partial charge on any atom is -0.756 e. The van der Waals surface area contributed by atoms with E-state index in [0.29, 0.717) is 103 Å². The maximum atomic E-state index is 13.0. The highest BCUT2D eigenvalue weighted by Crippen LogP contribution is 2.48. The molecule has 8 rings (SSSR count). The zero-order chi connectivity index (χ0) is 59.3. The number of aromatic carboxylic acids is 1. The van der Waals surface area contributed by atoms with Crippen LogP contribution in [0.1, 0.15) is 96.4 Å². The first-order valence-electron chi connectivity index (χ1n) is 26.3. The SMILES string of the molecule is COP(=O)(O)OCC(CO)CCCCNC(=O)C1CCC(c2c3ccc(=O)cc-3oc3cc(O)ccc23)C(C(=O)O)C1.COP(=O)([O-])OCCCCCCNC(=O)c1ccc(C(=O)O)c(-c2c3ccc(=O)cc-3oc3cc(O)ccc23)c1. The second kappa shape index (κ2) is 28.1. The average molecular weight is 1170 g/mol. The molecule has 5 aliphatic rings. The van der Waals surface area contributed by atoms with Crippen molar-refractivity contribution in [2.24, 2.45) is 17.8 Å². The fraction of sp³-hybridized carbons (Fsp3) is 0.368. The summed E-state index contributed by atoms with van der Waals surface area (Å²) < 4.78 is 52.4. The minimum absolute atomic E-state index is 0.0194. The molecule has 0 spiro atoms. The summed E-state index contributed by atoms with van der Waals surface area (Å²) in [4.78, 5) is 95.1. The van der Waals surface area contributed by atoms with Gasteiger partial charge in [-0.1, -0.05) is 19.3 Å². The second-order valence-corrected chi connectivity index (χ2v) is 22.8. The van der Waals surface area contributed by atoms with Gasteiger partial charge in [-0.2, -0.15) is 0 Å². The third-order valence-electron chi connectivity index (χ3n) is 14.2. The molecule has 1 fully saturated rings. The molecule has 2 heterocycles. The Labute approximate surface area is 469 Å². The molecule has 6 unspecified atom stereocenters. The number of carboxylic acids is 2. The zero-order valence-corrected chi connectivity index (χ0v) is 46.6. The summed E-state index contributed by atoms with van der Waals surface area (Å²) in [6.45, 7) is 0.377. The van der Waals surface area contributed by atoms with Crippen molar-refractivity contribution in [2.75, 3.05) is 47.1 Å². The van der Waals surface area contributed by atoms with Crippen molar-refractivity contribution < 1.29 is 90.6 Å². The van der Waals surface area contributed by atoms with E-state index >= 15 is 0 Å². The Kier molecular flexibility index (Phi) is 21.4. The fourth-order valence-electron chi connectivity index (χ4n) is 10.1. The molecular weight excluding hydrogens is 1110 g/mol. The largest absolute Gasteiger partial charge is 0.756 e. The van der Waals surface area contributed by atoms with E-state index in [0.717, 1.165) is 26.2 Å². The lowest BCUT2D eigenvalue weighted by molar-refractivity contribution is -0.223. The summed E-state index contributed by atoms with van der Waals surface area (Å²) in [5.41, 5.74) is 2.73. The Morgan fingerprint density at radius 3 is 1.98 bits per heavy atom. The number of hydrogen-bond acceptors (Lipinski definition) is 18. The summed E-state index contributed by atoms with van der Waals surface area (Å²) in [5.74, 6) is -4.57. The molecule has 2 amide bonds. The van der Waals surface area contributed by atoms with Crippen LogP contribution in [0.4, 0.5) is 0 Å². The normalized spacial score (nSPS) is 17.1. The third kappa shape index (κ3) is 16.0. The van der Waals surface area contributed by atoms with Gasteiger partial charge in [-0.05, 0) is 129 Å². The number of amides is 2. The van der Waals surface area contributed by atoms with Crippen LogP contribution >= 0.6 is 15.6 Å². The molecule has 438 valence electrons. The molecule has 8 N–H and O–H groups in total. The number of rotatable bonds is 25. The van der Waals surface area contributed by atoms with E-state index in [-0.39, 0.29) is 88.5 Å². The summed E-state index contributed by atoms with van der Waals surface area (Å²) in [5, 5.41) is 56.5. The number of carboxylic acid groups (broad SMARTS) is 2. The Bertz CT molecular complexity index is 3580. The van der Waals surface area contributed by atoms with E-state index in [2.05, 4.69) is 24.2 Å². The maximum Gasteiger partial charge on any atom is 0.471 e. The number of aliphatic hydroxyl groups excluding tert-OH is 1. The standard InChI is InChI=1S/C29H36NO11P.C28H28NO10P/c1-39-42(37,38)40-16-17(15-31)4-2-3-11-30-28(34)18-5-8-21(24(12-18)29(35)36)27-22-9-6-19(32)13-25(22)41-26-14-20(33)7-10-23(26)27;1-37-40(35,36)38-13-5-3-2-4-12-29-27(32)17-6-9-20(28(33)34)23(14-17)26-21-10-7-18(30)15-24(21)39-25-16-19(31)8-11-22(25)26/h6-7,9-10,13-14,17-18,21,24,31-32H,2-5,8,11-12,15-16H2,1H3,(H,30,34)(H,35,36)(H,37,38);6-11,14-16,30H,2-5,12-13H2,1H3,(H,29,32)(H,33,34)(H,35,36)/p-1. The molecule has 3 aromatic carbocycles. The molecule has 0 bridgehead atoms. The molecule has 2 aliphatic heterocycles. The van der Waals surface area contributed by atoms with Crippen molar-refractivity contribution in [1.82, 2.24) is 10.6 Å². The number of aromatic hydroxyl groups is 2. The van der Waals surface area contributed by atoms with Crippen LogP contribution in [0.15, 0.2) is 109 Å². The van der Waals surface area contributed by atoms with Gasteiger partial charge in [0, 0.05) is 103 Å². The van der Waals surface area contributed by atoms with E-state index in [4.69, 9.17) is 13.4 Å². The van der Waals surface area contributed by atoms with E-state index < -0.39 is 51.2 Å². The number of phosphoric ester groups is 2. The van der Waals surface area contributed by atoms with Crippen molar-refractivity contribution in [3.63, 3.8) is 0 Å². The van der Waals surface area contributed by atoms with E-state index in [1.165, 1.54) is 72.8 Å². The molecule has 6 atom stereocenters. The number of carbonyl (C=O) groups is 4. The van der Waals surface area contributed by atoms with Crippen molar-refractivity contribution in [3.8, 4) is 45.3 Å². The maximum absolute atomic E-state index is 13.0. The number of aliphatic carboxylic acids is 1. The first kappa shape index (κ1) is 62.3. The number of nitrogens with one attached hydrogen (secondary N) is 2. The lowest BCUT2D eigenvalue weighted by Crippen LogP contribution is -2.38. The van der Waals surface area contributed by atoms with Crippen LogP contribution in [0.3, 0.4) is 0 Å². The van der Waals surface area contributed by atoms with Gasteiger partial charge in [0.05, 0.1) is 24.7 Å². The van der Waals surface area contributed by atoms with Crippen LogP contribution < -0.4 is 26.4 Å². The van der Waals surface area contributed by atoms with Crippen LogP contribution in [-0.4, -0.2) is 101 Å². The number of phosphoric acid groups is 2. The Morgan fingerprint density at radius 1 is 0.707 bits per heavy atom. The molecule has 23 nitrogen and oxygen atoms in total. The molecule has 82 heavy (non-hydrogen) atoms. The number of hydrogen-bond donors (Lipinski definition) is 8. The zero-order valence-electron chi connectivity index (χ0n) is 44.8. The smallest absolute Gasteiger partial charge is 0.471 e. The first-order chi connectivity index (χ1) is 39.1. The van der Waals surface area contributed by atoms with Gasteiger partial charge in [0.25, 0.3) is 13.7 Å². The number of benzene rings is 5. The average Bonchev–Trinajstić information content (AvgIpc) is 3.63. The predicted molar refractivity (Wildman–Crippen MR) is 297 cm³/mol. The van der Waals surface area contributed by atoms with Gasteiger partial charge in [0.1, 0.15) is 34.2 Å². The summed E-state index contributed by atoms with van der Waals surface area (Å²) in [7, 11) is -6.25. The van der Waals surface area contributed by atoms with Gasteiger partial charge in [0.15, 0.2) is 10.9 Å². The van der Waals surface area contributed by atoms with Crippen molar-refractivity contribution in [1.29, 1.82) is 0 Å². The van der Waals surface area contributed by atoms with E-state index in [9.17, 15) is 73.2 Å². The Hall–Kier alpha value is -7.30. The highest BCUT2D eigenvalue weighted by Gasteiger charge is 2.41. The summed E-state index contributed by atoms with van der Waals surface area (Å²) >= 11 is 0. The molecule has 0 aromatic heterocycles. The fourth-order valence-corrected chi connectivity index (χ4v) is 11.0. The molecule has 25 heteroatoms. The molecule has 0 saturated heterocycles. The molecule has 0 radical (unpaired) electrons. The lowest BCUT2D eigenvalue weighted by atomic mass is 9.69. The number of phenols is 2. The highest BCUT2D eigenvalue weighted by atomic mass is 31.2. The minimum atomic E-state index is -4.22. The molecule has 3 aromatic rings. The van der Waals surface area contributed by atoms with Crippen LogP contribution in [-0.2, 0) is 36.8 Å². The molecule has 3 aliphatic carbocycles. The van der Waals surface area contributed by atoms with Gasteiger partial charge in [-0.15, -0.1) is 0 Å². The lowest BCUT2D eigenvalue weighted by Gasteiger charge is -2.35. The highest BCUT2D eigenvalue weighted by molar-refractivity contribution is 7.47. The molecular formula is C57H63N2O21P2-. The van der Waals surface area contributed by atoms with Gasteiger partial charge in [-0.25, -0.2) is 9.36 Å². The third-order valence-corrected chi connectivity index (χ3v) is 16.1. The Morgan fingerprint density at radius 2 is 1.33 bits per heavy atom. The number of carbonyl (C=O) groups excluding carboxylic acids is 2. The monoisotopic (exact) mass is 1170 g/mol. The van der Waals surface area contributed by atoms with Gasteiger partial charge in [-0.3, -0.25) is 37.6 Å². The van der Waals surface area contributed by atoms with Crippen molar-refractivity contribution in [3.05, 3.63) is 128 Å². The topological polar surface area (TPSA) is 368 Å². The van der Waals surface area contributed by atoms with Crippen molar-refractivity contribution >= 4 is 61.3 Å². The van der Waals surface area contributed by atoms with Gasteiger partial charge >= 0.3 is 19.8 Å². The molecule has 1 saturated carbocycles. The van der Waals surface area contributed by atoms with Gasteiger partial charge in [0.2, 0.25) is 5.91 Å². The quantitative estimate of drug-likeness (QED) is 0.0152. The van der Waals surface area contributed by atoms with Crippen LogP contribution in [0, 0.1) is 17.8 Å². The Balaban J connectivity index is 0.000000236. The predicted octanol–water partition coefficient (Wildman–Crippen LogP) is 8.24. The van der Waals surface area contributed by atoms with Crippen molar-refractivity contribution in [2.45, 2.75) is 70.1 Å². The number of phenolic OH excluding ortho intramolecular Hbond substituents is 2. The number of unbranched alkanes of at least 4 members (excludes halogenated alkanes) is 4. The van der Waals surface area contributed by atoms with Crippen LogP contribution in [0.25, 0.3) is 55.7 Å². The van der Waals surface area contributed by atoms with Crippen LogP contribution in [0.2, 0.25) is 0 Å². The summed E-state index contributed by atoms with van der Waals surface area (Å²) in [6.07, 6.45) is 5.35. The van der Waals surface area contributed by atoms with Crippen LogP contribution in [0.5, 0.6) is 11.5 Å². The van der Waals surface area contributed by atoms with Gasteiger partial charge < -0.3 is 63.8 Å². The first-order valence-corrected chi connectivity index (χ1v) is 29.3.